The number of amides is 2. The van der Waals surface area contributed by atoms with Gasteiger partial charge < -0.3 is 10.6 Å². The summed E-state index contributed by atoms with van der Waals surface area (Å²) in [6.07, 6.45) is 0. The van der Waals surface area contributed by atoms with Gasteiger partial charge >= 0.3 is 6.03 Å². The monoisotopic (exact) mass is 332 g/mol. The lowest BCUT2D eigenvalue weighted by Gasteiger charge is -2.25. The van der Waals surface area contributed by atoms with E-state index in [4.69, 9.17) is 0 Å². The number of nitrogens with one attached hydrogen (secondary N) is 2. The molecule has 2 aromatic carbocycles. The van der Waals surface area contributed by atoms with Crippen LogP contribution in [0.25, 0.3) is 10.8 Å². The van der Waals surface area contributed by atoms with Crippen molar-refractivity contribution in [2.45, 2.75) is 13.5 Å². The molecule has 23 heavy (non-hydrogen) atoms. The Morgan fingerprint density at radius 3 is 2.48 bits per heavy atom. The quantitative estimate of drug-likeness (QED) is 0.899. The molecular formula is C17H20N2O3S. The molecule has 122 valence electrons. The highest BCUT2D eigenvalue weighted by atomic mass is 32.2. The van der Waals surface area contributed by atoms with Crippen LogP contribution in [-0.4, -0.2) is 32.5 Å². The van der Waals surface area contributed by atoms with Gasteiger partial charge in [0, 0.05) is 19.0 Å². The number of carbonyl (C=O) groups is 1. The molecule has 1 heterocycles. The molecule has 2 N–H and O–H groups in total. The Morgan fingerprint density at radius 1 is 1.09 bits per heavy atom. The maximum absolute atomic E-state index is 11.9. The number of rotatable bonds is 4. The fourth-order valence-electron chi connectivity index (χ4n) is 2.93. The van der Waals surface area contributed by atoms with Crippen molar-refractivity contribution >= 4 is 26.6 Å². The van der Waals surface area contributed by atoms with Crippen LogP contribution in [0.3, 0.4) is 0 Å². The molecule has 0 aromatic heterocycles. The van der Waals surface area contributed by atoms with Crippen molar-refractivity contribution < 1.29 is 13.2 Å². The van der Waals surface area contributed by atoms with Crippen molar-refractivity contribution in [3.8, 4) is 0 Å². The first-order chi connectivity index (χ1) is 10.9. The number of sulfone groups is 1. The topological polar surface area (TPSA) is 75.3 Å². The van der Waals surface area contributed by atoms with Crippen LogP contribution in [0.1, 0.15) is 11.1 Å². The van der Waals surface area contributed by atoms with Gasteiger partial charge in [0.25, 0.3) is 0 Å². The lowest BCUT2D eigenvalue weighted by molar-refractivity contribution is 0.239. The van der Waals surface area contributed by atoms with Crippen LogP contribution in [0.4, 0.5) is 4.79 Å². The zero-order valence-electron chi connectivity index (χ0n) is 13.0. The molecule has 2 aromatic rings. The molecule has 1 aliphatic heterocycles. The predicted octanol–water partition coefficient (Wildman–Crippen LogP) is 1.99. The maximum atomic E-state index is 11.9. The molecule has 0 radical (unpaired) electrons. The lowest BCUT2D eigenvalue weighted by atomic mass is 10.0. The number of hydrogen-bond donors (Lipinski definition) is 2. The fraction of sp³-hybridized carbons (Fsp3) is 0.353. The summed E-state index contributed by atoms with van der Waals surface area (Å²) in [6.45, 7) is 2.91. The van der Waals surface area contributed by atoms with Gasteiger partial charge in [-0.05, 0) is 28.8 Å². The highest BCUT2D eigenvalue weighted by molar-refractivity contribution is 7.92. The second-order valence-electron chi connectivity index (χ2n) is 6.09. The molecule has 2 amide bonds. The summed E-state index contributed by atoms with van der Waals surface area (Å²) < 4.78 is 22.2. The molecule has 1 fully saturated rings. The maximum Gasteiger partial charge on any atom is 0.315 e. The van der Waals surface area contributed by atoms with Gasteiger partial charge in [0.05, 0.1) is 11.5 Å². The molecule has 0 atom stereocenters. The van der Waals surface area contributed by atoms with Crippen LogP contribution in [0.5, 0.6) is 0 Å². The Hall–Kier alpha value is -2.08. The van der Waals surface area contributed by atoms with E-state index < -0.39 is 9.84 Å². The zero-order chi connectivity index (χ0) is 16.4. The van der Waals surface area contributed by atoms with Crippen LogP contribution in [0.2, 0.25) is 0 Å². The first-order valence-electron chi connectivity index (χ1n) is 7.64. The van der Waals surface area contributed by atoms with Gasteiger partial charge in [-0.15, -0.1) is 0 Å². The van der Waals surface area contributed by atoms with Crippen LogP contribution in [-0.2, 0) is 16.4 Å². The van der Waals surface area contributed by atoms with Gasteiger partial charge in [0.2, 0.25) is 0 Å². The number of hydrogen-bond acceptors (Lipinski definition) is 3. The van der Waals surface area contributed by atoms with E-state index in [1.54, 1.807) is 0 Å². The molecule has 0 saturated carbocycles. The van der Waals surface area contributed by atoms with Crippen molar-refractivity contribution in [3.05, 3.63) is 47.5 Å². The summed E-state index contributed by atoms with van der Waals surface area (Å²) in [5.74, 6) is 0.400. The minimum absolute atomic E-state index is 0.0472. The number of benzene rings is 2. The fourth-order valence-corrected chi connectivity index (χ4v) is 4.50. The third-order valence-corrected chi connectivity index (χ3v) is 6.16. The second kappa shape index (κ2) is 6.20. The summed E-state index contributed by atoms with van der Waals surface area (Å²) >= 11 is 0. The number of fused-ring (bicyclic) bond motifs is 1. The van der Waals surface area contributed by atoms with E-state index in [0.717, 1.165) is 10.9 Å². The van der Waals surface area contributed by atoms with Gasteiger partial charge in [-0.2, -0.15) is 0 Å². The third kappa shape index (κ3) is 3.64. The van der Waals surface area contributed by atoms with Crippen molar-refractivity contribution in [1.82, 2.24) is 10.6 Å². The molecule has 0 bridgehead atoms. The smallest absolute Gasteiger partial charge is 0.315 e. The molecular weight excluding hydrogens is 312 g/mol. The predicted molar refractivity (Wildman–Crippen MR) is 91.1 cm³/mol. The van der Waals surface area contributed by atoms with Crippen molar-refractivity contribution in [3.63, 3.8) is 0 Å². The number of aryl methyl sites for hydroxylation is 1. The number of carbonyl (C=O) groups excluding carboxylic acids is 1. The van der Waals surface area contributed by atoms with Gasteiger partial charge in [0.15, 0.2) is 9.84 Å². The zero-order valence-corrected chi connectivity index (χ0v) is 13.8. The summed E-state index contributed by atoms with van der Waals surface area (Å²) in [5, 5.41) is 7.90. The SMILES string of the molecule is Cc1ccc(CNC(=O)NCC2CS(=O)(=O)C2)c2ccccc12. The van der Waals surface area contributed by atoms with Gasteiger partial charge in [-0.1, -0.05) is 36.4 Å². The van der Waals surface area contributed by atoms with Crippen molar-refractivity contribution in [2.75, 3.05) is 18.1 Å². The minimum atomic E-state index is -2.83. The highest BCUT2D eigenvalue weighted by Crippen LogP contribution is 2.22. The Bertz CT molecular complexity index is 834. The second-order valence-corrected chi connectivity index (χ2v) is 8.25. The normalized spacial score (nSPS) is 16.7. The molecule has 5 nitrogen and oxygen atoms in total. The van der Waals surface area contributed by atoms with E-state index in [-0.39, 0.29) is 23.5 Å². The molecule has 6 heteroatoms. The van der Waals surface area contributed by atoms with E-state index in [2.05, 4.69) is 35.8 Å². The highest BCUT2D eigenvalue weighted by Gasteiger charge is 2.33. The van der Waals surface area contributed by atoms with E-state index in [1.165, 1.54) is 10.9 Å². The average Bonchev–Trinajstić information content (AvgIpc) is 2.50. The van der Waals surface area contributed by atoms with E-state index >= 15 is 0 Å². The van der Waals surface area contributed by atoms with Gasteiger partial charge in [0.1, 0.15) is 0 Å². The first-order valence-corrected chi connectivity index (χ1v) is 9.46. The summed E-state index contributed by atoms with van der Waals surface area (Å²) in [7, 11) is -2.83. The Kier molecular flexibility index (Phi) is 4.26. The van der Waals surface area contributed by atoms with Gasteiger partial charge in [-0.25, -0.2) is 13.2 Å². The minimum Gasteiger partial charge on any atom is -0.338 e. The van der Waals surface area contributed by atoms with Crippen LogP contribution in [0, 0.1) is 12.8 Å². The molecule has 3 rings (SSSR count). The Balaban J connectivity index is 1.56. The largest absolute Gasteiger partial charge is 0.338 e. The third-order valence-electron chi connectivity index (χ3n) is 4.20. The van der Waals surface area contributed by atoms with Crippen molar-refractivity contribution in [1.29, 1.82) is 0 Å². The van der Waals surface area contributed by atoms with Crippen LogP contribution in [0.15, 0.2) is 36.4 Å². The summed E-state index contributed by atoms with van der Waals surface area (Å²) in [6, 6.07) is 11.9. The number of urea groups is 1. The average molecular weight is 332 g/mol. The summed E-state index contributed by atoms with van der Waals surface area (Å²) in [5.41, 5.74) is 2.27. The van der Waals surface area contributed by atoms with E-state index in [1.807, 2.05) is 18.2 Å². The van der Waals surface area contributed by atoms with Gasteiger partial charge in [-0.3, -0.25) is 0 Å². The summed E-state index contributed by atoms with van der Waals surface area (Å²) in [4.78, 5) is 11.9. The Morgan fingerprint density at radius 2 is 1.78 bits per heavy atom. The molecule has 0 unspecified atom stereocenters. The molecule has 1 saturated heterocycles. The Labute approximate surface area is 136 Å². The molecule has 0 spiro atoms. The van der Waals surface area contributed by atoms with Crippen molar-refractivity contribution in [2.24, 2.45) is 5.92 Å². The van der Waals surface area contributed by atoms with Crippen LogP contribution >= 0.6 is 0 Å². The molecule has 0 aliphatic carbocycles. The van der Waals surface area contributed by atoms with Crippen LogP contribution < -0.4 is 10.6 Å². The molecule has 1 aliphatic rings. The standard InChI is InChI=1S/C17H20N2O3S/c1-12-6-7-14(16-5-3-2-4-15(12)16)9-19-17(20)18-8-13-10-23(21,22)11-13/h2-7,13H,8-11H2,1H3,(H2,18,19,20). The van der Waals surface area contributed by atoms with E-state index in [0.29, 0.717) is 13.1 Å². The lowest BCUT2D eigenvalue weighted by Crippen LogP contribution is -2.46. The van der Waals surface area contributed by atoms with E-state index in [9.17, 15) is 13.2 Å². The first kappa shape index (κ1) is 15.8.